The fourth-order valence-corrected chi connectivity index (χ4v) is 2.17. The Morgan fingerprint density at radius 2 is 2.21 bits per heavy atom. The Morgan fingerprint density at radius 1 is 1.43 bits per heavy atom. The molecule has 0 spiro atoms. The molecule has 74 valence electrons. The molecule has 0 amide bonds. The predicted octanol–water partition coefficient (Wildman–Crippen LogP) is 3.16. The van der Waals surface area contributed by atoms with Gasteiger partial charge in [-0.3, -0.25) is 5.01 Å². The molecule has 1 aromatic rings. The molecule has 0 N–H and O–H groups in total. The zero-order valence-corrected chi connectivity index (χ0v) is 8.44. The first-order chi connectivity index (χ1) is 6.83. The minimum Gasteiger partial charge on any atom is -0.253 e. The normalized spacial score (nSPS) is 21.2. The van der Waals surface area contributed by atoms with E-state index < -0.39 is 0 Å². The van der Waals surface area contributed by atoms with Crippen LogP contribution in [-0.2, 0) is 0 Å². The molecule has 1 fully saturated rings. The van der Waals surface area contributed by atoms with Crippen LogP contribution in [0, 0.1) is 4.91 Å². The Hall–Kier alpha value is -1.09. The minimum atomic E-state index is 0.0706. The van der Waals surface area contributed by atoms with E-state index >= 15 is 0 Å². The van der Waals surface area contributed by atoms with Crippen molar-refractivity contribution < 1.29 is 0 Å². The van der Waals surface area contributed by atoms with E-state index in [4.69, 9.17) is 11.6 Å². The van der Waals surface area contributed by atoms with Gasteiger partial charge in [-0.15, -0.1) is 4.91 Å². The van der Waals surface area contributed by atoms with Crippen LogP contribution in [0.25, 0.3) is 0 Å². The molecule has 1 unspecified atom stereocenters. The first-order valence-corrected chi connectivity index (χ1v) is 5.05. The fourth-order valence-electron chi connectivity index (χ4n) is 1.91. The second-order valence-corrected chi connectivity index (χ2v) is 3.83. The zero-order valence-electron chi connectivity index (χ0n) is 7.69. The van der Waals surface area contributed by atoms with Crippen LogP contribution in [0.1, 0.15) is 24.4 Å². The third kappa shape index (κ3) is 1.60. The molecule has 0 aromatic heterocycles. The lowest BCUT2D eigenvalue weighted by molar-refractivity contribution is 0.267. The maximum Gasteiger partial charge on any atom is 0.0766 e. The van der Waals surface area contributed by atoms with E-state index in [0.717, 1.165) is 24.9 Å². The molecule has 2 rings (SSSR count). The summed E-state index contributed by atoms with van der Waals surface area (Å²) in [5.74, 6) is 0. The summed E-state index contributed by atoms with van der Waals surface area (Å²) in [7, 11) is 0. The molecular weight excluding hydrogens is 200 g/mol. The van der Waals surface area contributed by atoms with E-state index in [0.29, 0.717) is 5.02 Å². The second-order valence-electron chi connectivity index (χ2n) is 3.42. The van der Waals surface area contributed by atoms with Gasteiger partial charge in [0.05, 0.1) is 11.3 Å². The molecule has 1 aliphatic heterocycles. The first kappa shape index (κ1) is 9.46. The van der Waals surface area contributed by atoms with Gasteiger partial charge in [0.1, 0.15) is 0 Å². The summed E-state index contributed by atoms with van der Waals surface area (Å²) >= 11 is 6.06. The van der Waals surface area contributed by atoms with Crippen LogP contribution in [0.5, 0.6) is 0 Å². The summed E-state index contributed by atoms with van der Waals surface area (Å²) in [6, 6.07) is 7.69. The lowest BCUT2D eigenvalue weighted by Gasteiger charge is -2.18. The summed E-state index contributed by atoms with van der Waals surface area (Å²) in [4.78, 5) is 10.5. The van der Waals surface area contributed by atoms with Gasteiger partial charge < -0.3 is 0 Å². The van der Waals surface area contributed by atoms with Crippen molar-refractivity contribution in [3.63, 3.8) is 0 Å². The molecular formula is C10H11ClN2O. The van der Waals surface area contributed by atoms with Crippen molar-refractivity contribution >= 4 is 11.6 Å². The summed E-state index contributed by atoms with van der Waals surface area (Å²) in [5.41, 5.74) is 1.01. The molecule has 0 aliphatic carbocycles. The van der Waals surface area contributed by atoms with E-state index in [9.17, 15) is 4.91 Å². The Morgan fingerprint density at radius 3 is 2.93 bits per heavy atom. The van der Waals surface area contributed by atoms with Crippen LogP contribution in [-0.4, -0.2) is 11.6 Å². The van der Waals surface area contributed by atoms with Crippen LogP contribution in [0.2, 0.25) is 5.02 Å². The minimum absolute atomic E-state index is 0.0706. The molecule has 0 saturated carbocycles. The maximum atomic E-state index is 10.5. The predicted molar refractivity (Wildman–Crippen MR) is 55.9 cm³/mol. The van der Waals surface area contributed by atoms with Crippen molar-refractivity contribution in [2.75, 3.05) is 6.54 Å². The van der Waals surface area contributed by atoms with Crippen molar-refractivity contribution in [1.29, 1.82) is 0 Å². The molecule has 1 atom stereocenters. The quantitative estimate of drug-likeness (QED) is 0.703. The monoisotopic (exact) mass is 210 g/mol. The SMILES string of the molecule is O=NN1CCCC1c1ccccc1Cl. The molecule has 0 radical (unpaired) electrons. The maximum absolute atomic E-state index is 10.5. The highest BCUT2D eigenvalue weighted by Gasteiger charge is 2.27. The van der Waals surface area contributed by atoms with Crippen molar-refractivity contribution in [1.82, 2.24) is 5.01 Å². The zero-order chi connectivity index (χ0) is 9.97. The first-order valence-electron chi connectivity index (χ1n) is 4.67. The third-order valence-electron chi connectivity index (χ3n) is 2.59. The number of hydrogen-bond acceptors (Lipinski definition) is 2. The van der Waals surface area contributed by atoms with Gasteiger partial charge >= 0.3 is 0 Å². The van der Waals surface area contributed by atoms with Gasteiger partial charge in [-0.05, 0) is 24.5 Å². The Bertz CT molecular complexity index is 343. The highest BCUT2D eigenvalue weighted by atomic mass is 35.5. The van der Waals surface area contributed by atoms with Crippen molar-refractivity contribution in [3.05, 3.63) is 39.8 Å². The largest absolute Gasteiger partial charge is 0.253 e. The lowest BCUT2D eigenvalue weighted by Crippen LogP contribution is -2.16. The van der Waals surface area contributed by atoms with E-state index in [1.165, 1.54) is 0 Å². The number of nitroso groups, excluding NO2 is 1. The summed E-state index contributed by atoms with van der Waals surface area (Å²) < 4.78 is 0. The smallest absolute Gasteiger partial charge is 0.0766 e. The second kappa shape index (κ2) is 3.96. The van der Waals surface area contributed by atoms with Gasteiger partial charge in [-0.25, -0.2) is 0 Å². The Balaban J connectivity index is 2.30. The van der Waals surface area contributed by atoms with E-state index in [2.05, 4.69) is 5.29 Å². The van der Waals surface area contributed by atoms with Gasteiger partial charge in [-0.2, -0.15) is 0 Å². The topological polar surface area (TPSA) is 32.7 Å². The number of halogens is 1. The van der Waals surface area contributed by atoms with Gasteiger partial charge in [-0.1, -0.05) is 29.8 Å². The number of nitrogens with zero attached hydrogens (tertiary/aromatic N) is 2. The molecule has 1 saturated heterocycles. The summed E-state index contributed by atoms with van der Waals surface area (Å²) in [5, 5.41) is 5.30. The fraction of sp³-hybridized carbons (Fsp3) is 0.400. The molecule has 0 bridgehead atoms. The average Bonchev–Trinajstić information content (AvgIpc) is 2.66. The molecule has 1 aromatic carbocycles. The van der Waals surface area contributed by atoms with E-state index in [-0.39, 0.29) is 6.04 Å². The third-order valence-corrected chi connectivity index (χ3v) is 2.94. The van der Waals surface area contributed by atoms with Crippen LogP contribution in [0.4, 0.5) is 0 Å². The highest BCUT2D eigenvalue weighted by molar-refractivity contribution is 6.31. The van der Waals surface area contributed by atoms with Crippen LogP contribution >= 0.6 is 11.6 Å². The summed E-state index contributed by atoms with van der Waals surface area (Å²) in [6.07, 6.45) is 1.96. The van der Waals surface area contributed by atoms with Crippen LogP contribution in [0.3, 0.4) is 0 Å². The average molecular weight is 211 g/mol. The standard InChI is InChI=1S/C10H11ClN2O/c11-9-5-2-1-4-8(9)10-6-3-7-13(10)12-14/h1-2,4-5,10H,3,6-7H2. The van der Waals surface area contributed by atoms with Crippen molar-refractivity contribution in [2.24, 2.45) is 5.29 Å². The van der Waals surface area contributed by atoms with Crippen LogP contribution in [0.15, 0.2) is 29.6 Å². The van der Waals surface area contributed by atoms with Crippen LogP contribution < -0.4 is 0 Å². The lowest BCUT2D eigenvalue weighted by atomic mass is 10.1. The number of rotatable bonds is 2. The summed E-state index contributed by atoms with van der Waals surface area (Å²) in [6.45, 7) is 0.736. The van der Waals surface area contributed by atoms with Gasteiger partial charge in [0, 0.05) is 11.6 Å². The van der Waals surface area contributed by atoms with Gasteiger partial charge in [0.25, 0.3) is 0 Å². The molecule has 3 nitrogen and oxygen atoms in total. The highest BCUT2D eigenvalue weighted by Crippen LogP contribution is 2.35. The van der Waals surface area contributed by atoms with E-state index in [1.54, 1.807) is 5.01 Å². The van der Waals surface area contributed by atoms with Gasteiger partial charge in [0.2, 0.25) is 0 Å². The van der Waals surface area contributed by atoms with Crippen molar-refractivity contribution in [3.8, 4) is 0 Å². The van der Waals surface area contributed by atoms with Gasteiger partial charge in [0.15, 0.2) is 0 Å². The Labute approximate surface area is 87.6 Å². The molecule has 4 heteroatoms. The van der Waals surface area contributed by atoms with Crippen molar-refractivity contribution in [2.45, 2.75) is 18.9 Å². The van der Waals surface area contributed by atoms with E-state index in [1.807, 2.05) is 24.3 Å². The molecule has 1 aliphatic rings. The molecule has 14 heavy (non-hydrogen) atoms. The molecule has 1 heterocycles. The number of benzene rings is 1. The Kier molecular flexibility index (Phi) is 2.68. The number of hydrogen-bond donors (Lipinski definition) is 0.